The minimum absolute atomic E-state index is 0.445. The zero-order valence-corrected chi connectivity index (χ0v) is 26.4. The molecule has 0 spiro atoms. The molecule has 0 amide bonds. The number of aryl methyl sites for hydroxylation is 2. The van der Waals surface area contributed by atoms with E-state index < -0.39 is 17.4 Å². The van der Waals surface area contributed by atoms with Gasteiger partial charge in [-0.05, 0) is 0 Å². The Hall–Kier alpha value is -2.94. The van der Waals surface area contributed by atoms with Crippen LogP contribution in [0.3, 0.4) is 0 Å². The van der Waals surface area contributed by atoms with Gasteiger partial charge in [0.25, 0.3) is 0 Å². The van der Waals surface area contributed by atoms with Crippen molar-refractivity contribution in [2.75, 3.05) is 0 Å². The van der Waals surface area contributed by atoms with Gasteiger partial charge in [-0.15, -0.1) is 0 Å². The molecule has 0 N–H and O–H groups in total. The molecule has 2 heterocycles. The molecular formula is C34H32N2SiZr. The van der Waals surface area contributed by atoms with Gasteiger partial charge in [-0.25, -0.2) is 0 Å². The molecule has 0 radical (unpaired) electrons. The van der Waals surface area contributed by atoms with Crippen molar-refractivity contribution in [2.24, 2.45) is 14.1 Å². The Morgan fingerprint density at radius 3 is 1.37 bits per heavy atom. The molecule has 4 heteroatoms. The average molecular weight is 588 g/mol. The molecule has 0 saturated carbocycles. The first-order chi connectivity index (χ1) is 18.3. The predicted octanol–water partition coefficient (Wildman–Crippen LogP) is 7.84. The second kappa shape index (κ2) is 7.37. The molecule has 2 aromatic heterocycles. The third kappa shape index (κ3) is 2.66. The van der Waals surface area contributed by atoms with Gasteiger partial charge in [-0.2, -0.15) is 0 Å². The van der Waals surface area contributed by atoms with Crippen molar-refractivity contribution in [1.82, 2.24) is 9.13 Å². The number of aromatic nitrogens is 2. The molecule has 4 aromatic carbocycles. The van der Waals surface area contributed by atoms with Crippen LogP contribution in [0.2, 0.25) is 9.26 Å². The van der Waals surface area contributed by atoms with Crippen LogP contribution in [0.4, 0.5) is 0 Å². The fourth-order valence-electron chi connectivity index (χ4n) is 8.40. The number of hydrogen-bond donors (Lipinski definition) is 0. The first kappa shape index (κ1) is 23.0. The van der Waals surface area contributed by atoms with Crippen molar-refractivity contribution in [3.8, 4) is 22.3 Å². The van der Waals surface area contributed by atoms with Crippen molar-refractivity contribution < 1.29 is 17.4 Å². The molecule has 0 bridgehead atoms. The van der Waals surface area contributed by atoms with E-state index in [1.54, 1.807) is 22.5 Å². The minimum atomic E-state index is -3.78. The van der Waals surface area contributed by atoms with Crippen LogP contribution in [0.25, 0.3) is 44.1 Å². The van der Waals surface area contributed by atoms with Crippen LogP contribution in [-0.2, 0) is 31.5 Å². The summed E-state index contributed by atoms with van der Waals surface area (Å²) < 4.78 is 11.5. The Labute approximate surface area is 226 Å². The van der Waals surface area contributed by atoms with Gasteiger partial charge < -0.3 is 0 Å². The van der Waals surface area contributed by atoms with E-state index in [2.05, 4.69) is 136 Å². The Morgan fingerprint density at radius 1 is 0.553 bits per heavy atom. The first-order valence-electron chi connectivity index (χ1n) is 13.7. The van der Waals surface area contributed by atoms with E-state index >= 15 is 0 Å². The van der Waals surface area contributed by atoms with E-state index in [-0.39, 0.29) is 0 Å². The molecule has 0 saturated heterocycles. The molecule has 2 unspecified atom stereocenters. The summed E-state index contributed by atoms with van der Waals surface area (Å²) in [6.07, 6.45) is 0. The fourth-order valence-corrected chi connectivity index (χ4v) is 26.4. The number of hydrogen-bond acceptors (Lipinski definition) is 0. The molecule has 186 valence electrons. The van der Waals surface area contributed by atoms with E-state index in [0.717, 1.165) is 0 Å². The molecular weight excluding hydrogens is 556 g/mol. The quantitative estimate of drug-likeness (QED) is 0.183. The summed E-state index contributed by atoms with van der Waals surface area (Å²) in [5, 5.41) is 2.79. The third-order valence-corrected chi connectivity index (χ3v) is 26.9. The first-order valence-corrected chi connectivity index (χ1v) is 27.4. The molecule has 6 aromatic rings. The molecule has 0 aliphatic heterocycles. The van der Waals surface area contributed by atoms with E-state index in [0.29, 0.717) is 7.25 Å². The van der Waals surface area contributed by atoms with Crippen LogP contribution in [0.5, 0.6) is 0 Å². The zero-order chi connectivity index (χ0) is 26.0. The Balaban J connectivity index is 1.50. The van der Waals surface area contributed by atoms with Gasteiger partial charge in [-0.3, -0.25) is 0 Å². The third-order valence-electron chi connectivity index (χ3n) is 9.83. The maximum atomic E-state index is 2.75. The van der Waals surface area contributed by atoms with E-state index in [9.17, 15) is 0 Å². The van der Waals surface area contributed by atoms with Crippen LogP contribution in [-0.4, -0.2) is 16.0 Å². The zero-order valence-electron chi connectivity index (χ0n) is 22.5. The van der Waals surface area contributed by atoms with Crippen molar-refractivity contribution in [3.63, 3.8) is 0 Å². The van der Waals surface area contributed by atoms with Gasteiger partial charge in [-0.1, -0.05) is 0 Å². The summed E-state index contributed by atoms with van der Waals surface area (Å²) in [6.45, 7) is 2.44. The molecule has 0 fully saturated rings. The van der Waals surface area contributed by atoms with Gasteiger partial charge in [0.05, 0.1) is 0 Å². The van der Waals surface area contributed by atoms with E-state index in [4.69, 9.17) is 0 Å². The van der Waals surface area contributed by atoms with Gasteiger partial charge in [0, 0.05) is 0 Å². The standard InChI is InChI=1S/2C16H12N.2CH3.H2Si.Zr/c2*1-17-14-9-5-4-8-13(14)16-12-7-3-2-6-11(12)10-15(16)17;;;;/h2*2-10H,1H3;2*1H3;1H2;. The van der Waals surface area contributed by atoms with E-state index in [1.165, 1.54) is 44.1 Å². The second-order valence-corrected chi connectivity index (χ2v) is 43.1. The fraction of sp³-hybridized carbons (Fsp3) is 0.176. The maximum absolute atomic E-state index is 3.78. The van der Waals surface area contributed by atoms with Gasteiger partial charge in [0.2, 0.25) is 0 Å². The number of nitrogens with zero attached hydrogens (tertiary/aromatic N) is 2. The topological polar surface area (TPSA) is 9.86 Å². The molecule has 38 heavy (non-hydrogen) atoms. The van der Waals surface area contributed by atoms with Crippen molar-refractivity contribution in [3.05, 3.63) is 120 Å². The predicted molar refractivity (Wildman–Crippen MR) is 161 cm³/mol. The van der Waals surface area contributed by atoms with Crippen molar-refractivity contribution >= 4 is 28.7 Å². The summed E-state index contributed by atoms with van der Waals surface area (Å²) in [7, 11) is 4.61. The molecule has 2 aliphatic rings. The Kier molecular flexibility index (Phi) is 4.46. The van der Waals surface area contributed by atoms with Gasteiger partial charge in [0.15, 0.2) is 0 Å². The normalized spacial score (nSPS) is 18.0. The Bertz CT molecular complexity index is 1910. The molecule has 2 aliphatic carbocycles. The molecule has 8 rings (SSSR count). The SMILES string of the molecule is Cn1c2c(c3ccccc31)-c1ccccc1[CH]2[Zr]([CH3])([CH3])(=[SiH2])[CH]1c2ccccc2-c2c1n(C)c1ccccc21. The van der Waals surface area contributed by atoms with Crippen LogP contribution in [0.15, 0.2) is 97.1 Å². The number of para-hydroxylation sites is 2. The van der Waals surface area contributed by atoms with Gasteiger partial charge >= 0.3 is 228 Å². The summed E-state index contributed by atoms with van der Waals surface area (Å²) in [6, 6.07) is 36.6. The second-order valence-electron chi connectivity index (χ2n) is 12.7. The number of fused-ring (bicyclic) bond motifs is 10. The number of rotatable bonds is 2. The van der Waals surface area contributed by atoms with Crippen LogP contribution < -0.4 is 0 Å². The monoisotopic (exact) mass is 586 g/mol. The van der Waals surface area contributed by atoms with Crippen LogP contribution >= 0.6 is 0 Å². The van der Waals surface area contributed by atoms with Crippen molar-refractivity contribution in [2.45, 2.75) is 16.5 Å². The summed E-state index contributed by atoms with van der Waals surface area (Å²) in [5.74, 6) is 0. The van der Waals surface area contributed by atoms with E-state index in [1.807, 2.05) is 0 Å². The summed E-state index contributed by atoms with van der Waals surface area (Å²) >= 11 is -3.78. The van der Waals surface area contributed by atoms with Crippen LogP contribution in [0, 0.1) is 0 Å². The Morgan fingerprint density at radius 2 is 0.921 bits per heavy atom. The summed E-state index contributed by atoms with van der Waals surface area (Å²) in [4.78, 5) is 0. The van der Waals surface area contributed by atoms with Gasteiger partial charge in [0.1, 0.15) is 0 Å². The molecule has 2 nitrogen and oxygen atoms in total. The number of benzene rings is 4. The average Bonchev–Trinajstić information content (AvgIpc) is 3.62. The molecule has 2 atom stereocenters. The van der Waals surface area contributed by atoms with Crippen LogP contribution in [0.1, 0.15) is 29.8 Å². The van der Waals surface area contributed by atoms with Crippen molar-refractivity contribution in [1.29, 1.82) is 0 Å². The summed E-state index contributed by atoms with van der Waals surface area (Å²) in [5.41, 5.74) is 14.7.